The number of allylic oxidation sites excluding steroid dienone is 6. The van der Waals surface area contributed by atoms with Gasteiger partial charge in [0.15, 0.2) is 0 Å². The molecule has 0 unspecified atom stereocenters. The summed E-state index contributed by atoms with van der Waals surface area (Å²) in [6, 6.07) is 3.67. The van der Waals surface area contributed by atoms with Gasteiger partial charge in [-0.1, -0.05) is 23.8 Å². The zero-order valence-electron chi connectivity index (χ0n) is 9.97. The van der Waals surface area contributed by atoms with Gasteiger partial charge < -0.3 is 4.74 Å². The Morgan fingerprint density at radius 2 is 1.88 bits per heavy atom. The minimum absolute atomic E-state index is 0.806. The molecule has 0 aliphatic rings. The van der Waals surface area contributed by atoms with Crippen molar-refractivity contribution in [3.63, 3.8) is 0 Å². The molecule has 0 aliphatic carbocycles. The molecular formula is C14H17NO. The smallest absolute Gasteiger partial charge is 0.129 e. The maximum Gasteiger partial charge on any atom is 0.129 e. The Morgan fingerprint density at radius 3 is 2.50 bits per heavy atom. The third-order valence-corrected chi connectivity index (χ3v) is 1.94. The van der Waals surface area contributed by atoms with Crippen LogP contribution in [-0.4, -0.2) is 4.98 Å². The van der Waals surface area contributed by atoms with E-state index in [0.717, 1.165) is 11.5 Å². The van der Waals surface area contributed by atoms with Crippen molar-refractivity contribution >= 4 is 0 Å². The molecule has 0 saturated heterocycles. The summed E-state index contributed by atoms with van der Waals surface area (Å²) in [5.74, 6) is 1.66. The Morgan fingerprint density at radius 1 is 1.19 bits per heavy atom. The number of nitrogens with zero attached hydrogens (tertiary/aromatic N) is 1. The van der Waals surface area contributed by atoms with Gasteiger partial charge in [0.25, 0.3) is 0 Å². The highest BCUT2D eigenvalue weighted by atomic mass is 16.5. The van der Waals surface area contributed by atoms with Crippen molar-refractivity contribution in [2.75, 3.05) is 0 Å². The second-order valence-corrected chi connectivity index (χ2v) is 3.47. The third kappa shape index (κ3) is 4.60. The molecule has 0 amide bonds. The van der Waals surface area contributed by atoms with E-state index in [1.54, 1.807) is 12.4 Å². The van der Waals surface area contributed by atoms with Crippen molar-refractivity contribution in [1.82, 2.24) is 4.98 Å². The van der Waals surface area contributed by atoms with Gasteiger partial charge in [-0.3, -0.25) is 4.98 Å². The zero-order valence-corrected chi connectivity index (χ0v) is 9.97. The molecule has 2 nitrogen and oxygen atoms in total. The fraction of sp³-hybridized carbons (Fsp3) is 0.214. The molecule has 0 bridgehead atoms. The lowest BCUT2D eigenvalue weighted by Gasteiger charge is -2.03. The van der Waals surface area contributed by atoms with Gasteiger partial charge in [0.05, 0.1) is 0 Å². The first-order chi connectivity index (χ1) is 7.72. The summed E-state index contributed by atoms with van der Waals surface area (Å²) in [5.41, 5.74) is 1.19. The first kappa shape index (κ1) is 12.2. The predicted octanol–water partition coefficient (Wildman–Crippen LogP) is 3.89. The van der Waals surface area contributed by atoms with Gasteiger partial charge in [-0.25, -0.2) is 0 Å². The predicted molar refractivity (Wildman–Crippen MR) is 67.2 cm³/mol. The molecule has 84 valence electrons. The quantitative estimate of drug-likeness (QED) is 0.561. The molecule has 0 atom stereocenters. The maximum absolute atomic E-state index is 5.60. The average molecular weight is 215 g/mol. The molecule has 0 aliphatic heterocycles. The Bertz CT molecular complexity index is 402. The summed E-state index contributed by atoms with van der Waals surface area (Å²) in [5, 5.41) is 0. The number of rotatable bonds is 4. The van der Waals surface area contributed by atoms with Crippen LogP contribution in [0.15, 0.2) is 60.2 Å². The Kier molecular flexibility index (Phi) is 5.06. The van der Waals surface area contributed by atoms with Crippen molar-refractivity contribution in [1.29, 1.82) is 0 Å². The highest BCUT2D eigenvalue weighted by Gasteiger charge is 1.92. The molecule has 16 heavy (non-hydrogen) atoms. The lowest BCUT2D eigenvalue weighted by Crippen LogP contribution is -1.89. The van der Waals surface area contributed by atoms with Crippen molar-refractivity contribution in [3.05, 3.63) is 60.2 Å². The number of hydrogen-bond acceptors (Lipinski definition) is 2. The molecule has 0 spiro atoms. The molecular weight excluding hydrogens is 198 g/mol. The van der Waals surface area contributed by atoms with E-state index >= 15 is 0 Å². The SMILES string of the molecule is C\C=C/C(C)=C\C=C(/C)Oc1ccncc1. The van der Waals surface area contributed by atoms with Crippen LogP contribution in [0.3, 0.4) is 0 Å². The monoisotopic (exact) mass is 215 g/mol. The molecule has 0 radical (unpaired) electrons. The first-order valence-electron chi connectivity index (χ1n) is 5.28. The van der Waals surface area contributed by atoms with Gasteiger partial charge in [-0.15, -0.1) is 0 Å². The van der Waals surface area contributed by atoms with Gasteiger partial charge in [0.1, 0.15) is 11.5 Å². The summed E-state index contributed by atoms with van der Waals surface area (Å²) in [4.78, 5) is 3.93. The molecule has 1 heterocycles. The van der Waals surface area contributed by atoms with Gasteiger partial charge >= 0.3 is 0 Å². The highest BCUT2D eigenvalue weighted by molar-refractivity contribution is 5.24. The number of aromatic nitrogens is 1. The molecule has 0 fully saturated rings. The zero-order chi connectivity index (χ0) is 11.8. The van der Waals surface area contributed by atoms with E-state index in [1.807, 2.05) is 44.2 Å². The van der Waals surface area contributed by atoms with Crippen LogP contribution in [0.1, 0.15) is 20.8 Å². The molecule has 2 heteroatoms. The summed E-state index contributed by atoms with van der Waals surface area (Å²) < 4.78 is 5.60. The van der Waals surface area contributed by atoms with Crippen molar-refractivity contribution in [2.24, 2.45) is 0 Å². The van der Waals surface area contributed by atoms with Crippen LogP contribution in [0.4, 0.5) is 0 Å². The van der Waals surface area contributed by atoms with Gasteiger partial charge in [0.2, 0.25) is 0 Å². The van der Waals surface area contributed by atoms with E-state index in [0.29, 0.717) is 0 Å². The fourth-order valence-corrected chi connectivity index (χ4v) is 1.19. The summed E-state index contributed by atoms with van der Waals surface area (Å²) >= 11 is 0. The topological polar surface area (TPSA) is 22.1 Å². The van der Waals surface area contributed by atoms with Crippen LogP contribution in [0.5, 0.6) is 5.75 Å². The lowest BCUT2D eigenvalue weighted by molar-refractivity contribution is 0.427. The van der Waals surface area contributed by atoms with E-state index in [1.165, 1.54) is 5.57 Å². The molecule has 1 aromatic rings. The Hall–Kier alpha value is -1.83. The Labute approximate surface area is 97.0 Å². The minimum Gasteiger partial charge on any atom is -0.462 e. The van der Waals surface area contributed by atoms with Crippen LogP contribution < -0.4 is 4.74 Å². The van der Waals surface area contributed by atoms with Gasteiger partial charge in [0, 0.05) is 12.4 Å². The molecule has 1 aromatic heterocycles. The van der Waals surface area contributed by atoms with Crippen LogP contribution >= 0.6 is 0 Å². The van der Waals surface area contributed by atoms with Gasteiger partial charge in [-0.2, -0.15) is 0 Å². The number of ether oxygens (including phenoxy) is 1. The standard InChI is InChI=1S/C14H17NO/c1-4-5-12(2)6-7-13(3)16-14-8-10-15-11-9-14/h4-11H,1-3H3/b5-4-,12-6-,13-7+. The highest BCUT2D eigenvalue weighted by Crippen LogP contribution is 2.11. The summed E-state index contributed by atoms with van der Waals surface area (Å²) in [6.07, 6.45) is 11.5. The normalized spacial score (nSPS) is 13.2. The van der Waals surface area contributed by atoms with E-state index in [9.17, 15) is 0 Å². The van der Waals surface area contributed by atoms with Crippen molar-refractivity contribution in [3.8, 4) is 5.75 Å². The Balaban J connectivity index is 2.62. The summed E-state index contributed by atoms with van der Waals surface area (Å²) in [7, 11) is 0. The fourth-order valence-electron chi connectivity index (χ4n) is 1.19. The number of pyridine rings is 1. The van der Waals surface area contributed by atoms with Crippen molar-refractivity contribution < 1.29 is 4.74 Å². The maximum atomic E-state index is 5.60. The second kappa shape index (κ2) is 6.62. The largest absolute Gasteiger partial charge is 0.462 e. The molecule has 0 N–H and O–H groups in total. The van der Waals surface area contributed by atoms with Crippen LogP contribution in [0.25, 0.3) is 0 Å². The summed E-state index contributed by atoms with van der Waals surface area (Å²) in [6.45, 7) is 5.98. The average Bonchev–Trinajstić information content (AvgIpc) is 2.28. The third-order valence-electron chi connectivity index (χ3n) is 1.94. The van der Waals surface area contributed by atoms with E-state index < -0.39 is 0 Å². The van der Waals surface area contributed by atoms with E-state index in [4.69, 9.17) is 4.74 Å². The van der Waals surface area contributed by atoms with Gasteiger partial charge in [-0.05, 0) is 39.0 Å². The van der Waals surface area contributed by atoms with Crippen LogP contribution in [0.2, 0.25) is 0 Å². The van der Waals surface area contributed by atoms with Crippen LogP contribution in [0, 0.1) is 0 Å². The minimum atomic E-state index is 0.806. The number of hydrogen-bond donors (Lipinski definition) is 0. The second-order valence-electron chi connectivity index (χ2n) is 3.47. The lowest BCUT2D eigenvalue weighted by atomic mass is 10.2. The van der Waals surface area contributed by atoms with E-state index in [-0.39, 0.29) is 0 Å². The first-order valence-corrected chi connectivity index (χ1v) is 5.28. The molecule has 1 rings (SSSR count). The molecule has 0 aromatic carbocycles. The van der Waals surface area contributed by atoms with Crippen LogP contribution in [-0.2, 0) is 0 Å². The van der Waals surface area contributed by atoms with Crippen molar-refractivity contribution in [2.45, 2.75) is 20.8 Å². The molecule has 0 saturated carbocycles. The van der Waals surface area contributed by atoms with E-state index in [2.05, 4.69) is 18.0 Å².